The first kappa shape index (κ1) is 22.9. The van der Waals surface area contributed by atoms with E-state index in [1.165, 1.54) is 6.92 Å². The molecule has 5 atom stereocenters. The Morgan fingerprint density at radius 1 is 0.852 bits per heavy atom. The molecule has 1 fully saturated rings. The highest BCUT2D eigenvalue weighted by atomic mass is 16.6. The summed E-state index contributed by atoms with van der Waals surface area (Å²) in [4.78, 5) is 45.3. The zero-order valence-corrected chi connectivity index (χ0v) is 15.8. The smallest absolute Gasteiger partial charge is 0.303 e. The van der Waals surface area contributed by atoms with E-state index < -0.39 is 60.3 Å². The fourth-order valence-electron chi connectivity index (χ4n) is 3.83. The van der Waals surface area contributed by atoms with E-state index >= 15 is 0 Å². The van der Waals surface area contributed by atoms with Crippen molar-refractivity contribution < 1.29 is 44.0 Å². The van der Waals surface area contributed by atoms with E-state index in [4.69, 9.17) is 9.47 Å². The molecule has 0 radical (unpaired) electrons. The summed E-state index contributed by atoms with van der Waals surface area (Å²) in [5.41, 5.74) is 0. The van der Waals surface area contributed by atoms with Crippen molar-refractivity contribution in [2.24, 2.45) is 23.7 Å². The van der Waals surface area contributed by atoms with Crippen LogP contribution in [0.5, 0.6) is 0 Å². The molecule has 0 amide bonds. The first-order valence-corrected chi connectivity index (χ1v) is 8.95. The molecular formula is C18H28O9. The molecule has 0 bridgehead atoms. The quantitative estimate of drug-likeness (QED) is 0.475. The van der Waals surface area contributed by atoms with Crippen molar-refractivity contribution in [3.63, 3.8) is 0 Å². The van der Waals surface area contributed by atoms with Crippen LogP contribution in [0, 0.1) is 23.7 Å². The van der Waals surface area contributed by atoms with E-state index in [-0.39, 0.29) is 25.4 Å². The summed E-state index contributed by atoms with van der Waals surface area (Å²) < 4.78 is 11.0. The molecule has 0 aromatic heterocycles. The Kier molecular flexibility index (Phi) is 8.68. The molecule has 1 aliphatic rings. The predicted octanol–water partition coefficient (Wildman–Crippen LogP) is 1.64. The summed E-state index contributed by atoms with van der Waals surface area (Å²) in [6.07, 6.45) is -1.95. The van der Waals surface area contributed by atoms with Crippen LogP contribution < -0.4 is 0 Å². The van der Waals surface area contributed by atoms with Crippen molar-refractivity contribution in [2.75, 3.05) is 6.61 Å². The molecule has 1 heterocycles. The largest absolute Gasteiger partial charge is 0.481 e. The minimum Gasteiger partial charge on any atom is -0.481 e. The second-order valence-corrected chi connectivity index (χ2v) is 7.43. The molecule has 9 nitrogen and oxygen atoms in total. The predicted molar refractivity (Wildman–Crippen MR) is 92.0 cm³/mol. The van der Waals surface area contributed by atoms with Gasteiger partial charge in [0.25, 0.3) is 0 Å². The number of ether oxygens (including phenoxy) is 2. The molecule has 0 spiro atoms. The Morgan fingerprint density at radius 3 is 1.70 bits per heavy atom. The number of rotatable bonds is 10. The normalized spacial score (nSPS) is 27.9. The number of carboxylic acid groups (broad SMARTS) is 3. The minimum absolute atomic E-state index is 0.155. The third-order valence-electron chi connectivity index (χ3n) is 4.79. The van der Waals surface area contributed by atoms with Crippen LogP contribution in [-0.4, -0.2) is 58.0 Å². The van der Waals surface area contributed by atoms with Crippen LogP contribution in [0.1, 0.15) is 46.5 Å². The van der Waals surface area contributed by atoms with E-state index in [1.807, 2.05) is 13.8 Å². The monoisotopic (exact) mass is 388 g/mol. The van der Waals surface area contributed by atoms with Gasteiger partial charge in [0.15, 0.2) is 0 Å². The lowest BCUT2D eigenvalue weighted by Crippen LogP contribution is -2.51. The summed E-state index contributed by atoms with van der Waals surface area (Å²) in [5, 5.41) is 27.9. The number of carbonyl (C=O) groups is 4. The van der Waals surface area contributed by atoms with Gasteiger partial charge in [0.1, 0.15) is 6.61 Å². The lowest BCUT2D eigenvalue weighted by molar-refractivity contribution is -0.190. The molecule has 0 saturated carbocycles. The summed E-state index contributed by atoms with van der Waals surface area (Å²) in [6, 6.07) is 0. The summed E-state index contributed by atoms with van der Waals surface area (Å²) in [6.45, 7) is 4.87. The Labute approximate surface area is 157 Å². The van der Waals surface area contributed by atoms with Crippen LogP contribution in [0.2, 0.25) is 0 Å². The van der Waals surface area contributed by atoms with Gasteiger partial charge in [-0.15, -0.1) is 0 Å². The van der Waals surface area contributed by atoms with Crippen LogP contribution in [0.3, 0.4) is 0 Å². The topological polar surface area (TPSA) is 147 Å². The van der Waals surface area contributed by atoms with Crippen molar-refractivity contribution in [2.45, 2.75) is 58.7 Å². The van der Waals surface area contributed by atoms with Crippen LogP contribution in [-0.2, 0) is 28.7 Å². The molecule has 1 aliphatic heterocycles. The van der Waals surface area contributed by atoms with Gasteiger partial charge in [-0.2, -0.15) is 0 Å². The molecule has 3 N–H and O–H groups in total. The van der Waals surface area contributed by atoms with Gasteiger partial charge in [0.2, 0.25) is 0 Å². The molecular weight excluding hydrogens is 360 g/mol. The van der Waals surface area contributed by atoms with E-state index in [2.05, 4.69) is 0 Å². The molecule has 0 aromatic rings. The Balaban J connectivity index is 3.27. The highest BCUT2D eigenvalue weighted by molar-refractivity contribution is 5.70. The lowest BCUT2D eigenvalue weighted by atomic mass is 9.68. The van der Waals surface area contributed by atoms with Gasteiger partial charge < -0.3 is 24.8 Å². The molecule has 0 aliphatic carbocycles. The Morgan fingerprint density at radius 2 is 1.30 bits per heavy atom. The Hall–Kier alpha value is -2.16. The molecule has 1 rings (SSSR count). The van der Waals surface area contributed by atoms with Gasteiger partial charge in [0, 0.05) is 19.3 Å². The van der Waals surface area contributed by atoms with E-state index in [0.29, 0.717) is 6.42 Å². The van der Waals surface area contributed by atoms with Gasteiger partial charge >= 0.3 is 23.9 Å². The second-order valence-electron chi connectivity index (χ2n) is 7.43. The molecule has 9 heteroatoms. The van der Waals surface area contributed by atoms with Gasteiger partial charge in [-0.3, -0.25) is 19.2 Å². The maximum absolute atomic E-state index is 11.4. The first-order valence-electron chi connectivity index (χ1n) is 8.95. The number of aliphatic carboxylic acids is 3. The van der Waals surface area contributed by atoms with Gasteiger partial charge in [0.05, 0.1) is 25.0 Å². The standard InChI is InChI=1S/C18H28O9/c1-9(2)4-14-12(6-17(22)23)11(5-16(20)21)13(7-18(24)25)15(27-14)8-26-10(3)19/h9,11-15H,4-8H2,1-3H3,(H,20,21)(H,22,23)(H,24,25)/t11-,12+,13-,14-,15+/m1/s1. The van der Waals surface area contributed by atoms with E-state index in [9.17, 15) is 34.5 Å². The average Bonchev–Trinajstić information content (AvgIpc) is 2.49. The number of carboxylic acids is 3. The molecule has 27 heavy (non-hydrogen) atoms. The third kappa shape index (κ3) is 7.54. The highest BCUT2D eigenvalue weighted by Crippen LogP contribution is 2.43. The van der Waals surface area contributed by atoms with Crippen molar-refractivity contribution in [3.8, 4) is 0 Å². The van der Waals surface area contributed by atoms with Crippen molar-refractivity contribution >= 4 is 23.9 Å². The number of carbonyl (C=O) groups excluding carboxylic acids is 1. The van der Waals surface area contributed by atoms with E-state index in [1.54, 1.807) is 0 Å². The molecule has 154 valence electrons. The van der Waals surface area contributed by atoms with Gasteiger partial charge in [-0.05, 0) is 24.2 Å². The number of hydrogen-bond donors (Lipinski definition) is 3. The summed E-state index contributed by atoms with van der Waals surface area (Å²) in [7, 11) is 0. The average molecular weight is 388 g/mol. The van der Waals surface area contributed by atoms with Crippen molar-refractivity contribution in [3.05, 3.63) is 0 Å². The first-order chi connectivity index (χ1) is 12.5. The lowest BCUT2D eigenvalue weighted by Gasteiger charge is -2.46. The van der Waals surface area contributed by atoms with Gasteiger partial charge in [-0.25, -0.2) is 0 Å². The molecule has 1 saturated heterocycles. The maximum atomic E-state index is 11.4. The molecule has 0 aromatic carbocycles. The fourth-order valence-corrected chi connectivity index (χ4v) is 3.83. The minimum atomic E-state index is -1.15. The number of hydrogen-bond acceptors (Lipinski definition) is 6. The SMILES string of the molecule is CC(=O)OC[C@@H]1O[C@H](CC(C)C)[C@@H](CC(=O)O)[C@@H](CC(=O)O)[C@H]1CC(=O)O. The van der Waals surface area contributed by atoms with Crippen molar-refractivity contribution in [1.82, 2.24) is 0 Å². The van der Waals surface area contributed by atoms with Crippen molar-refractivity contribution in [1.29, 1.82) is 0 Å². The zero-order chi connectivity index (χ0) is 20.7. The fraction of sp³-hybridized carbons (Fsp3) is 0.778. The van der Waals surface area contributed by atoms with Crippen LogP contribution in [0.15, 0.2) is 0 Å². The maximum Gasteiger partial charge on any atom is 0.303 e. The van der Waals surface area contributed by atoms with Crippen LogP contribution in [0.4, 0.5) is 0 Å². The summed E-state index contributed by atoms with van der Waals surface area (Å²) in [5.74, 6) is -5.92. The second kappa shape index (κ2) is 10.2. The molecule has 0 unspecified atom stereocenters. The number of esters is 1. The van der Waals surface area contributed by atoms with Gasteiger partial charge in [-0.1, -0.05) is 13.8 Å². The van der Waals surface area contributed by atoms with E-state index in [0.717, 1.165) is 0 Å². The van der Waals surface area contributed by atoms with Crippen LogP contribution in [0.25, 0.3) is 0 Å². The zero-order valence-electron chi connectivity index (χ0n) is 15.8. The van der Waals surface area contributed by atoms with Crippen LogP contribution >= 0.6 is 0 Å². The third-order valence-corrected chi connectivity index (χ3v) is 4.79. The Bertz CT molecular complexity index is 557. The summed E-state index contributed by atoms with van der Waals surface area (Å²) >= 11 is 0. The highest BCUT2D eigenvalue weighted by Gasteiger charge is 2.48.